The van der Waals surface area contributed by atoms with Gasteiger partial charge in [0, 0.05) is 16.8 Å². The molecular formula is C17H16ClNO2. The highest BCUT2D eigenvalue weighted by atomic mass is 35.5. The zero-order valence-corrected chi connectivity index (χ0v) is 12.4. The molecule has 3 nitrogen and oxygen atoms in total. The molecule has 108 valence electrons. The first-order valence-corrected chi connectivity index (χ1v) is 7.03. The smallest absolute Gasteiger partial charge is 0.248 e. The van der Waals surface area contributed by atoms with Crippen LogP contribution in [0.3, 0.4) is 0 Å². The summed E-state index contributed by atoms with van der Waals surface area (Å²) in [6.07, 6.45) is 3.14. The number of anilines is 1. The summed E-state index contributed by atoms with van der Waals surface area (Å²) in [6.45, 7) is 2.54. The second-order valence-corrected chi connectivity index (χ2v) is 4.71. The molecule has 0 spiro atoms. The summed E-state index contributed by atoms with van der Waals surface area (Å²) in [6, 6.07) is 14.6. The van der Waals surface area contributed by atoms with Crippen LogP contribution in [0.4, 0.5) is 5.69 Å². The van der Waals surface area contributed by atoms with E-state index < -0.39 is 0 Å². The Balaban J connectivity index is 1.97. The van der Waals surface area contributed by atoms with Crippen LogP contribution in [0.2, 0.25) is 5.02 Å². The van der Waals surface area contributed by atoms with Crippen molar-refractivity contribution in [3.8, 4) is 5.75 Å². The lowest BCUT2D eigenvalue weighted by atomic mass is 10.2. The highest BCUT2D eigenvalue weighted by molar-refractivity contribution is 6.32. The Morgan fingerprint density at radius 2 is 1.90 bits per heavy atom. The van der Waals surface area contributed by atoms with Crippen molar-refractivity contribution in [2.45, 2.75) is 6.92 Å². The first-order chi connectivity index (χ1) is 10.2. The van der Waals surface area contributed by atoms with Gasteiger partial charge < -0.3 is 10.1 Å². The third kappa shape index (κ3) is 4.65. The first kappa shape index (κ1) is 15.1. The molecule has 4 heteroatoms. The van der Waals surface area contributed by atoms with E-state index in [4.69, 9.17) is 16.3 Å². The Bertz CT molecular complexity index is 635. The molecule has 0 aliphatic carbocycles. The number of rotatable bonds is 5. The highest BCUT2D eigenvalue weighted by Crippen LogP contribution is 2.17. The van der Waals surface area contributed by atoms with E-state index in [1.54, 1.807) is 24.3 Å². The maximum Gasteiger partial charge on any atom is 0.248 e. The van der Waals surface area contributed by atoms with Gasteiger partial charge in [-0.25, -0.2) is 0 Å². The van der Waals surface area contributed by atoms with Gasteiger partial charge in [0.1, 0.15) is 5.75 Å². The Morgan fingerprint density at radius 1 is 1.19 bits per heavy atom. The lowest BCUT2D eigenvalue weighted by Crippen LogP contribution is -2.07. The molecule has 0 saturated heterocycles. The van der Waals surface area contributed by atoms with Crippen molar-refractivity contribution in [3.05, 3.63) is 65.2 Å². The molecule has 2 aromatic carbocycles. The minimum Gasteiger partial charge on any atom is -0.494 e. The van der Waals surface area contributed by atoms with Crippen LogP contribution >= 0.6 is 11.6 Å². The average molecular weight is 302 g/mol. The fourth-order valence-electron chi connectivity index (χ4n) is 1.76. The first-order valence-electron chi connectivity index (χ1n) is 6.65. The molecular weight excluding hydrogens is 286 g/mol. The maximum absolute atomic E-state index is 11.8. The molecule has 1 amide bonds. The lowest BCUT2D eigenvalue weighted by Gasteiger charge is -2.05. The van der Waals surface area contributed by atoms with Gasteiger partial charge in [-0.05, 0) is 48.9 Å². The molecule has 0 aliphatic rings. The van der Waals surface area contributed by atoms with Gasteiger partial charge in [0.25, 0.3) is 0 Å². The van der Waals surface area contributed by atoms with Crippen LogP contribution in [0.25, 0.3) is 6.08 Å². The third-order valence-corrected chi connectivity index (χ3v) is 3.10. The number of nitrogens with one attached hydrogen (secondary N) is 1. The Morgan fingerprint density at radius 3 is 2.57 bits per heavy atom. The van der Waals surface area contributed by atoms with Gasteiger partial charge in [-0.2, -0.15) is 0 Å². The Hall–Kier alpha value is -2.26. The van der Waals surface area contributed by atoms with E-state index in [-0.39, 0.29) is 5.91 Å². The zero-order chi connectivity index (χ0) is 15.1. The van der Waals surface area contributed by atoms with Gasteiger partial charge >= 0.3 is 0 Å². The average Bonchev–Trinajstić information content (AvgIpc) is 2.49. The van der Waals surface area contributed by atoms with Gasteiger partial charge in [0.05, 0.1) is 6.61 Å². The van der Waals surface area contributed by atoms with Crippen molar-refractivity contribution in [2.75, 3.05) is 11.9 Å². The molecule has 0 unspecified atom stereocenters. The van der Waals surface area contributed by atoms with Crippen LogP contribution in [-0.2, 0) is 4.79 Å². The van der Waals surface area contributed by atoms with Gasteiger partial charge in [-0.3, -0.25) is 4.79 Å². The van der Waals surface area contributed by atoms with Gasteiger partial charge in [0.15, 0.2) is 0 Å². The fraction of sp³-hybridized carbons (Fsp3) is 0.118. The van der Waals surface area contributed by atoms with E-state index in [2.05, 4.69) is 5.32 Å². The predicted molar refractivity (Wildman–Crippen MR) is 86.7 cm³/mol. The SMILES string of the molecule is CCOc1ccc(NC(=O)C=Cc2ccccc2Cl)cc1. The summed E-state index contributed by atoms with van der Waals surface area (Å²) < 4.78 is 5.34. The Kier molecular flexibility index (Phi) is 5.41. The molecule has 0 saturated carbocycles. The lowest BCUT2D eigenvalue weighted by molar-refractivity contribution is -0.111. The molecule has 0 bridgehead atoms. The number of carbonyl (C=O) groups excluding carboxylic acids is 1. The van der Waals surface area contributed by atoms with Crippen LogP contribution in [0.1, 0.15) is 12.5 Å². The van der Waals surface area contributed by atoms with E-state index >= 15 is 0 Å². The van der Waals surface area contributed by atoms with E-state index in [9.17, 15) is 4.79 Å². The van der Waals surface area contributed by atoms with Crippen molar-refractivity contribution in [1.29, 1.82) is 0 Å². The van der Waals surface area contributed by atoms with Crippen LogP contribution < -0.4 is 10.1 Å². The number of halogens is 1. The second-order valence-electron chi connectivity index (χ2n) is 4.30. The molecule has 0 aliphatic heterocycles. The maximum atomic E-state index is 11.8. The van der Waals surface area contributed by atoms with Gasteiger partial charge in [-0.15, -0.1) is 0 Å². The number of benzene rings is 2. The summed E-state index contributed by atoms with van der Waals surface area (Å²) in [7, 11) is 0. The van der Waals surface area contributed by atoms with E-state index in [0.717, 1.165) is 11.3 Å². The summed E-state index contributed by atoms with van der Waals surface area (Å²) in [5.41, 5.74) is 1.52. The number of hydrogen-bond donors (Lipinski definition) is 1. The standard InChI is InChI=1S/C17H16ClNO2/c1-2-21-15-10-8-14(9-11-15)19-17(20)12-7-13-5-3-4-6-16(13)18/h3-12H,2H2,1H3,(H,19,20). The van der Waals surface area contributed by atoms with Crippen molar-refractivity contribution < 1.29 is 9.53 Å². The Labute approximate surface area is 129 Å². The third-order valence-electron chi connectivity index (χ3n) is 2.75. The number of hydrogen-bond acceptors (Lipinski definition) is 2. The van der Waals surface area contributed by atoms with E-state index in [1.807, 2.05) is 37.3 Å². The van der Waals surface area contributed by atoms with E-state index in [1.165, 1.54) is 6.08 Å². The van der Waals surface area contributed by atoms with Crippen LogP contribution in [-0.4, -0.2) is 12.5 Å². The number of amides is 1. The van der Waals surface area contributed by atoms with Crippen LogP contribution in [0.15, 0.2) is 54.6 Å². The summed E-state index contributed by atoms with van der Waals surface area (Å²) >= 11 is 6.02. The van der Waals surface area contributed by atoms with Gasteiger partial charge in [0.2, 0.25) is 5.91 Å². The molecule has 1 N–H and O–H groups in total. The van der Waals surface area contributed by atoms with Crippen LogP contribution in [0.5, 0.6) is 5.75 Å². The molecule has 21 heavy (non-hydrogen) atoms. The molecule has 0 atom stereocenters. The molecule has 0 fully saturated rings. The summed E-state index contributed by atoms with van der Waals surface area (Å²) in [4.78, 5) is 11.8. The molecule has 0 heterocycles. The minimum absolute atomic E-state index is 0.209. The zero-order valence-electron chi connectivity index (χ0n) is 11.7. The van der Waals surface area contributed by atoms with Crippen molar-refractivity contribution >= 4 is 29.3 Å². The van der Waals surface area contributed by atoms with Crippen LogP contribution in [0, 0.1) is 0 Å². The highest BCUT2D eigenvalue weighted by Gasteiger charge is 2.00. The van der Waals surface area contributed by atoms with Crippen molar-refractivity contribution in [1.82, 2.24) is 0 Å². The largest absolute Gasteiger partial charge is 0.494 e. The van der Waals surface area contributed by atoms with E-state index in [0.29, 0.717) is 17.3 Å². The second kappa shape index (κ2) is 7.50. The predicted octanol–water partition coefficient (Wildman–Crippen LogP) is 4.39. The topological polar surface area (TPSA) is 38.3 Å². The molecule has 0 radical (unpaired) electrons. The number of carbonyl (C=O) groups is 1. The minimum atomic E-state index is -0.209. The molecule has 2 rings (SSSR count). The van der Waals surface area contributed by atoms with Gasteiger partial charge in [-0.1, -0.05) is 29.8 Å². The van der Waals surface area contributed by atoms with Crippen molar-refractivity contribution in [2.24, 2.45) is 0 Å². The monoisotopic (exact) mass is 301 g/mol. The fourth-order valence-corrected chi connectivity index (χ4v) is 1.96. The summed E-state index contributed by atoms with van der Waals surface area (Å²) in [5, 5.41) is 3.39. The summed E-state index contributed by atoms with van der Waals surface area (Å²) in [5.74, 6) is 0.571. The normalized spacial score (nSPS) is 10.6. The molecule has 2 aromatic rings. The quantitative estimate of drug-likeness (QED) is 0.832. The van der Waals surface area contributed by atoms with Crippen molar-refractivity contribution in [3.63, 3.8) is 0 Å². The molecule has 0 aromatic heterocycles. The number of ether oxygens (including phenoxy) is 1.